The molecule has 0 aliphatic rings. The van der Waals surface area contributed by atoms with Gasteiger partial charge < -0.3 is 5.73 Å². The highest BCUT2D eigenvalue weighted by molar-refractivity contribution is 5.78. The summed E-state index contributed by atoms with van der Waals surface area (Å²) in [7, 11) is 0. The fourth-order valence-corrected chi connectivity index (χ4v) is 2.52. The van der Waals surface area contributed by atoms with Crippen molar-refractivity contribution in [3.63, 3.8) is 0 Å². The number of rotatable bonds is 4. The third-order valence-electron chi connectivity index (χ3n) is 3.64. The summed E-state index contributed by atoms with van der Waals surface area (Å²) in [6.07, 6.45) is 0.690. The van der Waals surface area contributed by atoms with Gasteiger partial charge in [0.2, 0.25) is 0 Å². The van der Waals surface area contributed by atoms with Crippen LogP contribution < -0.4 is 17.0 Å². The van der Waals surface area contributed by atoms with Gasteiger partial charge in [0.15, 0.2) is 0 Å². The lowest BCUT2D eigenvalue weighted by Gasteiger charge is -2.18. The maximum absolute atomic E-state index is 6.03. The summed E-state index contributed by atoms with van der Waals surface area (Å²) in [4.78, 5) is 4.68. The van der Waals surface area contributed by atoms with Crippen molar-refractivity contribution in [2.24, 2.45) is 5.84 Å². The standard InChI is InChI=1S/C17H18N4/c18-15-7-3-2-6-14(15)17(21-19)11-13-10-9-12-5-1-4-8-16(12)20-13/h1-10,17,21H,11,18-19H2. The van der Waals surface area contributed by atoms with Gasteiger partial charge in [-0.1, -0.05) is 42.5 Å². The Bertz CT molecular complexity index is 754. The van der Waals surface area contributed by atoms with Crippen LogP contribution in [0.5, 0.6) is 0 Å². The zero-order valence-corrected chi connectivity index (χ0v) is 11.7. The lowest BCUT2D eigenvalue weighted by atomic mass is 10.00. The highest BCUT2D eigenvalue weighted by Gasteiger charge is 2.14. The summed E-state index contributed by atoms with van der Waals surface area (Å²) in [5.41, 5.74) is 12.6. The molecule has 1 atom stereocenters. The van der Waals surface area contributed by atoms with E-state index in [-0.39, 0.29) is 6.04 Å². The quantitative estimate of drug-likeness (QED) is 0.389. The Balaban J connectivity index is 1.90. The first-order valence-electron chi connectivity index (χ1n) is 6.93. The second-order valence-corrected chi connectivity index (χ2v) is 5.05. The van der Waals surface area contributed by atoms with E-state index in [0.29, 0.717) is 6.42 Å². The largest absolute Gasteiger partial charge is 0.398 e. The van der Waals surface area contributed by atoms with Gasteiger partial charge in [-0.3, -0.25) is 16.3 Å². The van der Waals surface area contributed by atoms with Crippen molar-refractivity contribution in [3.05, 3.63) is 71.9 Å². The first-order valence-corrected chi connectivity index (χ1v) is 6.93. The normalized spacial score (nSPS) is 12.4. The first-order chi connectivity index (χ1) is 10.3. The Kier molecular flexibility index (Phi) is 3.81. The van der Waals surface area contributed by atoms with Crippen LogP contribution in [0.1, 0.15) is 17.3 Å². The number of nitrogen functional groups attached to an aromatic ring is 1. The van der Waals surface area contributed by atoms with Crippen molar-refractivity contribution in [2.45, 2.75) is 12.5 Å². The molecule has 1 aromatic heterocycles. The molecule has 5 N–H and O–H groups in total. The number of nitrogens with one attached hydrogen (secondary N) is 1. The molecular formula is C17H18N4. The molecular weight excluding hydrogens is 260 g/mol. The van der Waals surface area contributed by atoms with Crippen molar-refractivity contribution in [1.29, 1.82) is 0 Å². The molecule has 2 aromatic carbocycles. The minimum Gasteiger partial charge on any atom is -0.398 e. The molecule has 0 spiro atoms. The van der Waals surface area contributed by atoms with Gasteiger partial charge in [-0.2, -0.15) is 0 Å². The van der Waals surface area contributed by atoms with E-state index in [4.69, 9.17) is 11.6 Å². The van der Waals surface area contributed by atoms with Crippen LogP contribution in [0.3, 0.4) is 0 Å². The van der Waals surface area contributed by atoms with E-state index in [9.17, 15) is 0 Å². The number of nitrogens with two attached hydrogens (primary N) is 2. The molecule has 0 saturated carbocycles. The summed E-state index contributed by atoms with van der Waals surface area (Å²) in [5, 5.41) is 1.14. The molecule has 21 heavy (non-hydrogen) atoms. The van der Waals surface area contributed by atoms with Gasteiger partial charge in [-0.15, -0.1) is 0 Å². The van der Waals surface area contributed by atoms with Gasteiger partial charge in [-0.05, 0) is 23.8 Å². The van der Waals surface area contributed by atoms with Crippen LogP contribution in [0.15, 0.2) is 60.7 Å². The van der Waals surface area contributed by atoms with E-state index in [1.54, 1.807) is 0 Å². The molecule has 0 aliphatic carbocycles. The Hall–Kier alpha value is -2.43. The van der Waals surface area contributed by atoms with Crippen LogP contribution >= 0.6 is 0 Å². The third-order valence-corrected chi connectivity index (χ3v) is 3.64. The first kappa shape index (κ1) is 13.5. The number of fused-ring (bicyclic) bond motifs is 1. The molecule has 1 heterocycles. The second-order valence-electron chi connectivity index (χ2n) is 5.05. The molecule has 0 amide bonds. The Morgan fingerprint density at radius 2 is 1.71 bits per heavy atom. The van der Waals surface area contributed by atoms with E-state index >= 15 is 0 Å². The maximum atomic E-state index is 6.03. The van der Waals surface area contributed by atoms with Crippen LogP contribution in [0, 0.1) is 0 Å². The van der Waals surface area contributed by atoms with Gasteiger partial charge >= 0.3 is 0 Å². The van der Waals surface area contributed by atoms with Crippen LogP contribution in [0.4, 0.5) is 5.69 Å². The molecule has 106 valence electrons. The SMILES string of the molecule is NNC(Cc1ccc2ccccc2n1)c1ccccc1N. The number of para-hydroxylation sites is 2. The molecule has 0 saturated heterocycles. The fraction of sp³-hybridized carbons (Fsp3) is 0.118. The van der Waals surface area contributed by atoms with E-state index in [1.165, 1.54) is 0 Å². The molecule has 1 unspecified atom stereocenters. The van der Waals surface area contributed by atoms with Crippen LogP contribution in [-0.4, -0.2) is 4.98 Å². The summed E-state index contributed by atoms with van der Waals surface area (Å²) >= 11 is 0. The predicted octanol–water partition coefficient (Wildman–Crippen LogP) is 2.56. The van der Waals surface area contributed by atoms with Crippen molar-refractivity contribution in [3.8, 4) is 0 Å². The Labute approximate surface area is 123 Å². The van der Waals surface area contributed by atoms with Gasteiger partial charge in [0, 0.05) is 23.2 Å². The van der Waals surface area contributed by atoms with Crippen molar-refractivity contribution < 1.29 is 0 Å². The Morgan fingerprint density at radius 1 is 0.952 bits per heavy atom. The van der Waals surface area contributed by atoms with Gasteiger partial charge in [0.05, 0.1) is 11.6 Å². The summed E-state index contributed by atoms with van der Waals surface area (Å²) in [6, 6.07) is 19.9. The number of hydrogen-bond acceptors (Lipinski definition) is 4. The zero-order chi connectivity index (χ0) is 14.7. The molecule has 0 aliphatic heterocycles. The van der Waals surface area contributed by atoms with Gasteiger partial charge in [0.25, 0.3) is 0 Å². The zero-order valence-electron chi connectivity index (χ0n) is 11.7. The van der Waals surface area contributed by atoms with Crippen molar-refractivity contribution in [1.82, 2.24) is 10.4 Å². The maximum Gasteiger partial charge on any atom is 0.0705 e. The summed E-state index contributed by atoms with van der Waals surface area (Å²) in [5.74, 6) is 5.70. The lowest BCUT2D eigenvalue weighted by Crippen LogP contribution is -2.30. The topological polar surface area (TPSA) is 77.0 Å². The van der Waals surface area contributed by atoms with E-state index in [1.807, 2.05) is 48.5 Å². The van der Waals surface area contributed by atoms with Crippen molar-refractivity contribution >= 4 is 16.6 Å². The van der Waals surface area contributed by atoms with E-state index in [0.717, 1.165) is 27.8 Å². The highest BCUT2D eigenvalue weighted by Crippen LogP contribution is 2.23. The minimum atomic E-state index is -0.0557. The number of pyridine rings is 1. The number of anilines is 1. The average Bonchev–Trinajstić information content (AvgIpc) is 2.53. The molecule has 0 fully saturated rings. The second kappa shape index (κ2) is 5.91. The molecule has 3 aromatic rings. The molecule has 0 bridgehead atoms. The molecule has 4 nitrogen and oxygen atoms in total. The third kappa shape index (κ3) is 2.86. The fourth-order valence-electron chi connectivity index (χ4n) is 2.52. The number of benzene rings is 2. The van der Waals surface area contributed by atoms with Gasteiger partial charge in [-0.25, -0.2) is 0 Å². The van der Waals surface area contributed by atoms with Crippen molar-refractivity contribution in [2.75, 3.05) is 5.73 Å². The van der Waals surface area contributed by atoms with Crippen LogP contribution in [0.2, 0.25) is 0 Å². The summed E-state index contributed by atoms with van der Waals surface area (Å²) in [6.45, 7) is 0. The van der Waals surface area contributed by atoms with E-state index < -0.39 is 0 Å². The average molecular weight is 278 g/mol. The summed E-state index contributed by atoms with van der Waals surface area (Å²) < 4.78 is 0. The smallest absolute Gasteiger partial charge is 0.0705 e. The molecule has 3 rings (SSSR count). The highest BCUT2D eigenvalue weighted by atomic mass is 15.2. The van der Waals surface area contributed by atoms with Gasteiger partial charge in [0.1, 0.15) is 0 Å². The minimum absolute atomic E-state index is 0.0557. The monoisotopic (exact) mass is 278 g/mol. The number of hydrazine groups is 1. The predicted molar refractivity (Wildman–Crippen MR) is 86.4 cm³/mol. The van der Waals surface area contributed by atoms with E-state index in [2.05, 4.69) is 22.5 Å². The molecule has 0 radical (unpaired) electrons. The van der Waals surface area contributed by atoms with Crippen LogP contribution in [0.25, 0.3) is 10.9 Å². The van der Waals surface area contributed by atoms with Crippen LogP contribution in [-0.2, 0) is 6.42 Å². The number of nitrogens with zero attached hydrogens (tertiary/aromatic N) is 1. The number of aromatic nitrogens is 1. The molecule has 4 heteroatoms. The Morgan fingerprint density at radius 3 is 2.52 bits per heavy atom. The number of hydrogen-bond donors (Lipinski definition) is 3. The lowest BCUT2D eigenvalue weighted by molar-refractivity contribution is 0.548.